The van der Waals surface area contributed by atoms with Crippen LogP contribution >= 0.6 is 0 Å². The molecule has 0 unspecified atom stereocenters. The number of hydrogen-bond acceptors (Lipinski definition) is 3. The fraction of sp³-hybridized carbons (Fsp3) is 0.133. The van der Waals surface area contributed by atoms with E-state index in [0.29, 0.717) is 0 Å². The van der Waals surface area contributed by atoms with Gasteiger partial charge in [-0.3, -0.25) is 9.97 Å². The van der Waals surface area contributed by atoms with Crippen molar-refractivity contribution in [2.24, 2.45) is 0 Å². The van der Waals surface area contributed by atoms with Crippen LogP contribution < -0.4 is 4.74 Å². The van der Waals surface area contributed by atoms with Crippen molar-refractivity contribution in [2.75, 3.05) is 0 Å². The molecule has 2 heterocycles. The van der Waals surface area contributed by atoms with Crippen molar-refractivity contribution >= 4 is 0 Å². The van der Waals surface area contributed by atoms with Crippen molar-refractivity contribution in [2.45, 2.75) is 25.7 Å². The maximum absolute atomic E-state index is 6.18. The lowest BCUT2D eigenvalue weighted by Gasteiger charge is -2.10. The molecule has 0 N–H and O–H groups in total. The third-order valence-electron chi connectivity index (χ3n) is 5.42. The van der Waals surface area contributed by atoms with Crippen LogP contribution in [-0.2, 0) is 12.8 Å². The van der Waals surface area contributed by atoms with Crippen molar-refractivity contribution in [3.8, 4) is 34.0 Å². The van der Waals surface area contributed by atoms with Gasteiger partial charge in [-0.1, -0.05) is 48.6 Å². The van der Waals surface area contributed by atoms with Crippen LogP contribution in [0.15, 0.2) is 111 Å². The summed E-state index contributed by atoms with van der Waals surface area (Å²) >= 11 is 0. The molecule has 0 saturated heterocycles. The van der Waals surface area contributed by atoms with Crippen LogP contribution in [0.25, 0.3) is 22.5 Å². The van der Waals surface area contributed by atoms with Crippen LogP contribution in [0.1, 0.15) is 24.0 Å². The summed E-state index contributed by atoms with van der Waals surface area (Å²) in [5.41, 5.74) is 6.33. The van der Waals surface area contributed by atoms with E-state index in [1.165, 1.54) is 11.1 Å². The van der Waals surface area contributed by atoms with Gasteiger partial charge in [0.2, 0.25) is 0 Å². The molecule has 0 fully saturated rings. The van der Waals surface area contributed by atoms with E-state index in [0.717, 1.165) is 59.7 Å². The predicted octanol–water partition coefficient (Wildman–Crippen LogP) is 7.84. The second-order valence-electron chi connectivity index (χ2n) is 7.92. The van der Waals surface area contributed by atoms with E-state index in [-0.39, 0.29) is 0 Å². The summed E-state index contributed by atoms with van der Waals surface area (Å²) in [7, 11) is 0. The second-order valence-corrected chi connectivity index (χ2v) is 7.92. The highest BCUT2D eigenvalue weighted by Gasteiger charge is 2.06. The summed E-state index contributed by atoms with van der Waals surface area (Å²) in [6.07, 6.45) is 11.6. The van der Waals surface area contributed by atoms with Gasteiger partial charge in [-0.15, -0.1) is 13.2 Å². The quantitative estimate of drug-likeness (QED) is 0.239. The summed E-state index contributed by atoms with van der Waals surface area (Å²) in [6.45, 7) is 7.56. The lowest BCUT2D eigenvalue weighted by molar-refractivity contribution is 0.483. The molecular formula is C30H28N2O. The Labute approximate surface area is 196 Å². The zero-order valence-electron chi connectivity index (χ0n) is 18.8. The minimum atomic E-state index is 0.773. The number of nitrogens with zero attached hydrogens (tertiary/aromatic N) is 2. The molecule has 33 heavy (non-hydrogen) atoms. The molecule has 0 aliphatic rings. The van der Waals surface area contributed by atoms with E-state index in [9.17, 15) is 0 Å². The van der Waals surface area contributed by atoms with E-state index >= 15 is 0 Å². The van der Waals surface area contributed by atoms with Gasteiger partial charge in [-0.25, -0.2) is 0 Å². The normalized spacial score (nSPS) is 10.5. The smallest absolute Gasteiger partial charge is 0.128 e. The van der Waals surface area contributed by atoms with Gasteiger partial charge < -0.3 is 4.74 Å². The summed E-state index contributed by atoms with van der Waals surface area (Å²) < 4.78 is 6.18. The van der Waals surface area contributed by atoms with Crippen LogP contribution in [0.4, 0.5) is 0 Å². The van der Waals surface area contributed by atoms with Crippen molar-refractivity contribution in [3.05, 3.63) is 122 Å². The highest BCUT2D eigenvalue weighted by atomic mass is 16.5. The molecule has 4 aromatic rings. The van der Waals surface area contributed by atoms with E-state index in [4.69, 9.17) is 4.74 Å². The zero-order chi connectivity index (χ0) is 22.9. The first-order valence-electron chi connectivity index (χ1n) is 11.3. The van der Waals surface area contributed by atoms with Crippen molar-refractivity contribution in [1.29, 1.82) is 0 Å². The number of ether oxygens (including phenoxy) is 1. The largest absolute Gasteiger partial charge is 0.457 e. The van der Waals surface area contributed by atoms with Crippen LogP contribution in [0, 0.1) is 0 Å². The Morgan fingerprint density at radius 2 is 1.12 bits per heavy atom. The lowest BCUT2D eigenvalue weighted by atomic mass is 10.1. The molecule has 0 bridgehead atoms. The molecule has 0 aliphatic carbocycles. The standard InChI is InChI=1S/C30H28N2O/c1-3-5-9-23-15-17-29(31-21-23)25-11-7-13-27(19-25)33-28-14-8-12-26(20-28)30-18-16-24(22-32-30)10-6-4-2/h3-4,7-8,11-22H,1-2,5-6,9-10H2. The Morgan fingerprint density at radius 3 is 1.52 bits per heavy atom. The minimum absolute atomic E-state index is 0.773. The molecule has 2 aromatic heterocycles. The van der Waals surface area contributed by atoms with E-state index in [1.54, 1.807) is 0 Å². The predicted molar refractivity (Wildman–Crippen MR) is 136 cm³/mol. The molecular weight excluding hydrogens is 404 g/mol. The number of hydrogen-bond donors (Lipinski definition) is 0. The first-order valence-corrected chi connectivity index (χ1v) is 11.3. The van der Waals surface area contributed by atoms with Crippen LogP contribution in [-0.4, -0.2) is 9.97 Å². The van der Waals surface area contributed by atoms with Gasteiger partial charge in [0.1, 0.15) is 11.5 Å². The molecule has 0 radical (unpaired) electrons. The summed E-state index contributed by atoms with van der Waals surface area (Å²) in [4.78, 5) is 9.25. The van der Waals surface area contributed by atoms with Crippen LogP contribution in [0.2, 0.25) is 0 Å². The Morgan fingerprint density at radius 1 is 0.636 bits per heavy atom. The lowest BCUT2D eigenvalue weighted by Crippen LogP contribution is -1.91. The second kappa shape index (κ2) is 11.1. The molecule has 4 rings (SSSR count). The molecule has 3 nitrogen and oxygen atoms in total. The van der Waals surface area contributed by atoms with Crippen molar-refractivity contribution in [3.63, 3.8) is 0 Å². The van der Waals surface area contributed by atoms with Crippen molar-refractivity contribution in [1.82, 2.24) is 9.97 Å². The molecule has 164 valence electrons. The Balaban J connectivity index is 1.48. The molecule has 3 heteroatoms. The first kappa shape index (κ1) is 22.2. The summed E-state index contributed by atoms with van der Waals surface area (Å²) in [5, 5.41) is 0. The van der Waals surface area contributed by atoms with Gasteiger partial charge in [0.05, 0.1) is 11.4 Å². The minimum Gasteiger partial charge on any atom is -0.457 e. The SMILES string of the molecule is C=CCCc1ccc(-c2cccc(Oc3cccc(-c4ccc(CCC=C)cn4)c3)c2)nc1. The highest BCUT2D eigenvalue weighted by Crippen LogP contribution is 2.29. The summed E-state index contributed by atoms with van der Waals surface area (Å²) in [5.74, 6) is 1.55. The molecule has 0 spiro atoms. The molecule has 0 atom stereocenters. The van der Waals surface area contributed by atoms with Gasteiger partial charge in [-0.2, -0.15) is 0 Å². The number of pyridine rings is 2. The number of aromatic nitrogens is 2. The number of aryl methyl sites for hydroxylation is 2. The molecule has 0 aliphatic heterocycles. The summed E-state index contributed by atoms with van der Waals surface area (Å²) in [6, 6.07) is 24.4. The number of benzene rings is 2. The van der Waals surface area contributed by atoms with Gasteiger partial charge in [0.25, 0.3) is 0 Å². The fourth-order valence-corrected chi connectivity index (χ4v) is 3.60. The van der Waals surface area contributed by atoms with Crippen LogP contribution in [0.5, 0.6) is 11.5 Å². The van der Waals surface area contributed by atoms with E-state index < -0.39 is 0 Å². The number of allylic oxidation sites excluding steroid dienone is 2. The topological polar surface area (TPSA) is 35.0 Å². The first-order chi connectivity index (χ1) is 16.2. The molecule has 0 saturated carbocycles. The van der Waals surface area contributed by atoms with E-state index in [1.807, 2.05) is 73.1 Å². The third kappa shape index (κ3) is 6.05. The number of rotatable bonds is 10. The Kier molecular flexibility index (Phi) is 7.44. The van der Waals surface area contributed by atoms with Crippen molar-refractivity contribution < 1.29 is 4.74 Å². The zero-order valence-corrected chi connectivity index (χ0v) is 18.8. The Hall–Kier alpha value is -3.98. The highest BCUT2D eigenvalue weighted by molar-refractivity contribution is 5.63. The average Bonchev–Trinajstić information content (AvgIpc) is 2.87. The third-order valence-corrected chi connectivity index (χ3v) is 5.42. The van der Waals surface area contributed by atoms with Gasteiger partial charge >= 0.3 is 0 Å². The maximum atomic E-state index is 6.18. The maximum Gasteiger partial charge on any atom is 0.128 e. The Bertz CT molecular complexity index is 1110. The van der Waals surface area contributed by atoms with Gasteiger partial charge in [0.15, 0.2) is 0 Å². The van der Waals surface area contributed by atoms with Gasteiger partial charge in [-0.05, 0) is 73.2 Å². The van der Waals surface area contributed by atoms with E-state index in [2.05, 4.69) is 47.4 Å². The van der Waals surface area contributed by atoms with Gasteiger partial charge in [0, 0.05) is 23.5 Å². The molecule has 2 aromatic carbocycles. The molecule has 0 amide bonds. The van der Waals surface area contributed by atoms with Crippen LogP contribution in [0.3, 0.4) is 0 Å². The average molecular weight is 433 g/mol. The fourth-order valence-electron chi connectivity index (χ4n) is 3.60. The monoisotopic (exact) mass is 432 g/mol.